The van der Waals surface area contributed by atoms with Crippen molar-refractivity contribution in [3.63, 3.8) is 0 Å². The zero-order valence-electron chi connectivity index (χ0n) is 10.8. The Hall–Kier alpha value is -1.51. The Balaban J connectivity index is 2.10. The molecule has 1 unspecified atom stereocenters. The summed E-state index contributed by atoms with van der Waals surface area (Å²) >= 11 is 5.83. The number of aliphatic hydroxyl groups is 1. The first-order valence-corrected chi connectivity index (χ1v) is 6.75. The molecule has 2 aromatic rings. The Bertz CT molecular complexity index is 505. The summed E-state index contributed by atoms with van der Waals surface area (Å²) < 4.78 is 5.51. The van der Waals surface area contributed by atoms with Crippen LogP contribution in [0.3, 0.4) is 0 Å². The van der Waals surface area contributed by atoms with Gasteiger partial charge in [-0.15, -0.1) is 0 Å². The lowest BCUT2D eigenvalue weighted by atomic mass is 10.0. The van der Waals surface area contributed by atoms with Crippen molar-refractivity contribution in [3.8, 4) is 5.75 Å². The van der Waals surface area contributed by atoms with Crippen molar-refractivity contribution in [1.82, 2.24) is 0 Å². The quantitative estimate of drug-likeness (QED) is 0.886. The maximum atomic E-state index is 10.3. The number of aliphatic hydroxyl groups excluding tert-OH is 1. The highest BCUT2D eigenvalue weighted by molar-refractivity contribution is 6.30. The Morgan fingerprint density at radius 1 is 1.00 bits per heavy atom. The van der Waals surface area contributed by atoms with E-state index in [2.05, 4.69) is 6.92 Å². The maximum absolute atomic E-state index is 10.3. The van der Waals surface area contributed by atoms with E-state index in [1.54, 1.807) is 12.1 Å². The molecule has 0 saturated carbocycles. The Labute approximate surface area is 118 Å². The highest BCUT2D eigenvalue weighted by Gasteiger charge is 2.10. The van der Waals surface area contributed by atoms with Gasteiger partial charge in [0.2, 0.25) is 0 Å². The summed E-state index contributed by atoms with van der Waals surface area (Å²) in [7, 11) is 0. The molecule has 3 heteroatoms. The van der Waals surface area contributed by atoms with Crippen LogP contribution in [0.1, 0.15) is 30.6 Å². The predicted octanol–water partition coefficient (Wildman–Crippen LogP) is 4.21. The molecule has 100 valence electrons. The summed E-state index contributed by atoms with van der Waals surface area (Å²) in [4.78, 5) is 0. The molecule has 0 amide bonds. The second-order valence-electron chi connectivity index (χ2n) is 4.37. The van der Waals surface area contributed by atoms with Crippen LogP contribution >= 0.6 is 11.6 Å². The molecule has 2 aromatic carbocycles. The van der Waals surface area contributed by atoms with Gasteiger partial charge in [0.15, 0.2) is 0 Å². The third-order valence-electron chi connectivity index (χ3n) is 2.85. The molecule has 0 spiro atoms. The van der Waals surface area contributed by atoms with Crippen molar-refractivity contribution in [1.29, 1.82) is 0 Å². The van der Waals surface area contributed by atoms with Gasteiger partial charge in [0.1, 0.15) is 11.9 Å². The molecule has 2 rings (SSSR count). The standard InChI is InChI=1S/C16H17ClO2/c1-2-11-19-15-9-5-13(6-10-15)16(18)12-3-7-14(17)8-4-12/h3-10,16,18H,2,11H2,1H3. The molecule has 19 heavy (non-hydrogen) atoms. The fourth-order valence-corrected chi connectivity index (χ4v) is 1.93. The Morgan fingerprint density at radius 2 is 1.53 bits per heavy atom. The van der Waals surface area contributed by atoms with Gasteiger partial charge in [-0.05, 0) is 41.8 Å². The van der Waals surface area contributed by atoms with Crippen molar-refractivity contribution >= 4 is 11.6 Å². The maximum Gasteiger partial charge on any atom is 0.119 e. The van der Waals surface area contributed by atoms with Gasteiger partial charge in [0.05, 0.1) is 6.61 Å². The van der Waals surface area contributed by atoms with Crippen LogP contribution < -0.4 is 4.74 Å². The van der Waals surface area contributed by atoms with Gasteiger partial charge < -0.3 is 9.84 Å². The zero-order chi connectivity index (χ0) is 13.7. The number of rotatable bonds is 5. The van der Waals surface area contributed by atoms with Crippen LogP contribution in [-0.4, -0.2) is 11.7 Å². The third kappa shape index (κ3) is 3.72. The summed E-state index contributed by atoms with van der Waals surface area (Å²) in [6.45, 7) is 2.78. The van der Waals surface area contributed by atoms with Crippen molar-refractivity contribution in [2.24, 2.45) is 0 Å². The predicted molar refractivity (Wildman–Crippen MR) is 77.7 cm³/mol. The van der Waals surface area contributed by atoms with Crippen molar-refractivity contribution in [2.45, 2.75) is 19.4 Å². The van der Waals surface area contributed by atoms with Crippen molar-refractivity contribution in [3.05, 3.63) is 64.7 Å². The van der Waals surface area contributed by atoms with Gasteiger partial charge in [0, 0.05) is 5.02 Å². The summed E-state index contributed by atoms with van der Waals surface area (Å²) in [5.74, 6) is 0.828. The average Bonchev–Trinajstić information content (AvgIpc) is 2.46. The van der Waals surface area contributed by atoms with E-state index in [4.69, 9.17) is 16.3 Å². The Kier molecular flexibility index (Phi) is 4.83. The fourth-order valence-electron chi connectivity index (χ4n) is 1.80. The normalized spacial score (nSPS) is 12.2. The number of hydrogen-bond donors (Lipinski definition) is 1. The van der Waals surface area contributed by atoms with E-state index in [0.717, 1.165) is 23.3 Å². The molecule has 0 aliphatic heterocycles. The molecule has 0 radical (unpaired) electrons. The van der Waals surface area contributed by atoms with Crippen LogP contribution in [-0.2, 0) is 0 Å². The van der Waals surface area contributed by atoms with Gasteiger partial charge in [-0.1, -0.05) is 42.8 Å². The fraction of sp³-hybridized carbons (Fsp3) is 0.250. The summed E-state index contributed by atoms with van der Waals surface area (Å²) in [5, 5.41) is 10.9. The minimum atomic E-state index is -0.641. The van der Waals surface area contributed by atoms with E-state index in [-0.39, 0.29) is 0 Å². The highest BCUT2D eigenvalue weighted by atomic mass is 35.5. The van der Waals surface area contributed by atoms with Crippen LogP contribution in [0.4, 0.5) is 0 Å². The lowest BCUT2D eigenvalue weighted by Gasteiger charge is -2.12. The Morgan fingerprint density at radius 3 is 2.05 bits per heavy atom. The van der Waals surface area contributed by atoms with E-state index >= 15 is 0 Å². The summed E-state index contributed by atoms with van der Waals surface area (Å²) in [6.07, 6.45) is 0.340. The van der Waals surface area contributed by atoms with Crippen LogP contribution in [0.25, 0.3) is 0 Å². The third-order valence-corrected chi connectivity index (χ3v) is 3.11. The summed E-state index contributed by atoms with van der Waals surface area (Å²) in [6, 6.07) is 14.7. The van der Waals surface area contributed by atoms with Gasteiger partial charge in [-0.3, -0.25) is 0 Å². The molecule has 0 heterocycles. The SMILES string of the molecule is CCCOc1ccc(C(O)c2ccc(Cl)cc2)cc1. The highest BCUT2D eigenvalue weighted by Crippen LogP contribution is 2.25. The average molecular weight is 277 g/mol. The molecule has 0 bridgehead atoms. The van der Waals surface area contributed by atoms with Gasteiger partial charge >= 0.3 is 0 Å². The van der Waals surface area contributed by atoms with E-state index in [1.165, 1.54) is 0 Å². The largest absolute Gasteiger partial charge is 0.494 e. The molecule has 0 aromatic heterocycles. The van der Waals surface area contributed by atoms with Crippen LogP contribution in [0.5, 0.6) is 5.75 Å². The molecule has 0 saturated heterocycles. The minimum Gasteiger partial charge on any atom is -0.494 e. The molecule has 0 aliphatic carbocycles. The molecular weight excluding hydrogens is 260 g/mol. The molecule has 0 fully saturated rings. The van der Waals surface area contributed by atoms with Crippen LogP contribution in [0, 0.1) is 0 Å². The van der Waals surface area contributed by atoms with Crippen LogP contribution in [0.15, 0.2) is 48.5 Å². The van der Waals surface area contributed by atoms with E-state index in [1.807, 2.05) is 36.4 Å². The number of ether oxygens (including phenoxy) is 1. The van der Waals surface area contributed by atoms with E-state index < -0.39 is 6.10 Å². The van der Waals surface area contributed by atoms with Gasteiger partial charge in [0.25, 0.3) is 0 Å². The lowest BCUT2D eigenvalue weighted by Crippen LogP contribution is -2.00. The van der Waals surface area contributed by atoms with E-state index in [9.17, 15) is 5.11 Å². The number of hydrogen-bond acceptors (Lipinski definition) is 2. The topological polar surface area (TPSA) is 29.5 Å². The second kappa shape index (κ2) is 6.60. The number of benzene rings is 2. The monoisotopic (exact) mass is 276 g/mol. The van der Waals surface area contributed by atoms with Crippen molar-refractivity contribution < 1.29 is 9.84 Å². The molecule has 1 atom stereocenters. The minimum absolute atomic E-state index is 0.641. The molecular formula is C16H17ClO2. The first kappa shape index (κ1) is 13.9. The van der Waals surface area contributed by atoms with Gasteiger partial charge in [-0.2, -0.15) is 0 Å². The smallest absolute Gasteiger partial charge is 0.119 e. The van der Waals surface area contributed by atoms with Crippen molar-refractivity contribution in [2.75, 3.05) is 6.61 Å². The second-order valence-corrected chi connectivity index (χ2v) is 4.81. The first-order valence-electron chi connectivity index (χ1n) is 6.37. The van der Waals surface area contributed by atoms with E-state index in [0.29, 0.717) is 11.6 Å². The first-order chi connectivity index (χ1) is 9.20. The summed E-state index contributed by atoms with van der Waals surface area (Å²) in [5.41, 5.74) is 1.66. The molecule has 0 aliphatic rings. The molecule has 1 N–H and O–H groups in total. The van der Waals surface area contributed by atoms with Gasteiger partial charge in [-0.25, -0.2) is 0 Å². The number of halogens is 1. The molecule has 2 nitrogen and oxygen atoms in total. The lowest BCUT2D eigenvalue weighted by molar-refractivity contribution is 0.220. The zero-order valence-corrected chi connectivity index (χ0v) is 11.6. The van der Waals surface area contributed by atoms with Crippen LogP contribution in [0.2, 0.25) is 5.02 Å².